The predicted molar refractivity (Wildman–Crippen MR) is 95.9 cm³/mol. The zero-order chi connectivity index (χ0) is 16.7. The van der Waals surface area contributed by atoms with E-state index in [1.165, 1.54) is 12.8 Å². The van der Waals surface area contributed by atoms with Crippen LogP contribution in [0.5, 0.6) is 0 Å². The van der Waals surface area contributed by atoms with Gasteiger partial charge in [0.2, 0.25) is 5.91 Å². The normalized spacial score (nSPS) is 25.9. The first kappa shape index (κ1) is 15.2. The van der Waals surface area contributed by atoms with Crippen LogP contribution < -0.4 is 10.2 Å². The van der Waals surface area contributed by atoms with Crippen LogP contribution in [0.2, 0.25) is 0 Å². The van der Waals surface area contributed by atoms with Gasteiger partial charge in [-0.1, -0.05) is 25.1 Å². The van der Waals surface area contributed by atoms with E-state index in [2.05, 4.69) is 29.4 Å². The number of fused-ring (bicyclic) bond motifs is 1. The summed E-state index contributed by atoms with van der Waals surface area (Å²) in [5, 5.41) is 3.69. The third-order valence-electron chi connectivity index (χ3n) is 5.33. The summed E-state index contributed by atoms with van der Waals surface area (Å²) in [7, 11) is 0. The number of hydrogen-bond acceptors (Lipinski definition) is 3. The number of rotatable bonds is 3. The second kappa shape index (κ2) is 5.93. The molecular formula is C20H23N3O. The summed E-state index contributed by atoms with van der Waals surface area (Å²) in [6, 6.07) is 12.8. The molecule has 2 unspecified atom stereocenters. The van der Waals surface area contributed by atoms with Crippen LogP contribution in [0, 0.1) is 11.8 Å². The Morgan fingerprint density at radius 1 is 1.21 bits per heavy atom. The number of carbonyl (C=O) groups is 1. The van der Waals surface area contributed by atoms with Crippen molar-refractivity contribution in [3.8, 4) is 0 Å². The topological polar surface area (TPSA) is 45.2 Å². The largest absolute Gasteiger partial charge is 0.378 e. The fourth-order valence-corrected chi connectivity index (χ4v) is 4.12. The summed E-state index contributed by atoms with van der Waals surface area (Å²) in [6.45, 7) is 3.94. The summed E-state index contributed by atoms with van der Waals surface area (Å²) < 4.78 is 0. The van der Waals surface area contributed by atoms with Crippen LogP contribution in [0.4, 0.5) is 11.4 Å². The van der Waals surface area contributed by atoms with Gasteiger partial charge in [0.1, 0.15) is 0 Å². The molecule has 4 nitrogen and oxygen atoms in total. The van der Waals surface area contributed by atoms with Gasteiger partial charge in [-0.3, -0.25) is 9.78 Å². The van der Waals surface area contributed by atoms with Gasteiger partial charge in [0, 0.05) is 36.3 Å². The number of hydrogen-bond donors (Lipinski definition) is 1. The number of pyridine rings is 1. The lowest BCUT2D eigenvalue weighted by Gasteiger charge is -2.45. The van der Waals surface area contributed by atoms with Gasteiger partial charge in [-0.15, -0.1) is 0 Å². The Labute approximate surface area is 142 Å². The molecule has 1 N–H and O–H groups in total. The van der Waals surface area contributed by atoms with Crippen molar-refractivity contribution in [1.82, 2.24) is 4.98 Å². The highest BCUT2D eigenvalue weighted by molar-refractivity contribution is 5.94. The molecule has 1 aliphatic carbocycles. The Kier molecular flexibility index (Phi) is 3.75. The van der Waals surface area contributed by atoms with Crippen LogP contribution in [-0.4, -0.2) is 16.9 Å². The molecule has 124 valence electrons. The monoisotopic (exact) mass is 321 g/mol. The van der Waals surface area contributed by atoms with Crippen LogP contribution in [0.15, 0.2) is 48.8 Å². The number of aromatic nitrogens is 1. The third kappa shape index (κ3) is 2.56. The quantitative estimate of drug-likeness (QED) is 0.929. The average molecular weight is 321 g/mol. The Morgan fingerprint density at radius 3 is 2.62 bits per heavy atom. The number of anilines is 2. The standard InChI is InChI=1S/C20H23N3O/c1-13-19(22-16-6-4-3-5-7-16)17-10-11-21-12-18(17)23(14(2)24)20(13)15-8-9-15/h3-7,10-13,15,19-20,22H,8-9H2,1-2H3/t13-,19?,20?/m1/s1. The molecule has 2 heterocycles. The maximum absolute atomic E-state index is 12.4. The van der Waals surface area contributed by atoms with E-state index in [1.807, 2.05) is 41.6 Å². The summed E-state index contributed by atoms with van der Waals surface area (Å²) >= 11 is 0. The average Bonchev–Trinajstić information content (AvgIpc) is 3.42. The summed E-state index contributed by atoms with van der Waals surface area (Å²) in [4.78, 5) is 18.7. The second-order valence-electron chi connectivity index (χ2n) is 7.00. The molecule has 1 aliphatic heterocycles. The van der Waals surface area contributed by atoms with Crippen molar-refractivity contribution >= 4 is 17.3 Å². The molecule has 3 atom stereocenters. The number of benzene rings is 1. The second-order valence-corrected chi connectivity index (χ2v) is 7.00. The summed E-state index contributed by atoms with van der Waals surface area (Å²) in [5.74, 6) is 1.07. The Hall–Kier alpha value is -2.36. The van der Waals surface area contributed by atoms with Gasteiger partial charge < -0.3 is 10.2 Å². The van der Waals surface area contributed by atoms with Crippen molar-refractivity contribution in [1.29, 1.82) is 0 Å². The van der Waals surface area contributed by atoms with E-state index in [1.54, 1.807) is 6.92 Å². The minimum Gasteiger partial charge on any atom is -0.378 e. The van der Waals surface area contributed by atoms with Crippen LogP contribution >= 0.6 is 0 Å². The van der Waals surface area contributed by atoms with Crippen LogP contribution in [0.1, 0.15) is 38.3 Å². The van der Waals surface area contributed by atoms with E-state index >= 15 is 0 Å². The molecule has 0 saturated heterocycles. The Morgan fingerprint density at radius 2 is 1.96 bits per heavy atom. The van der Waals surface area contributed by atoms with Gasteiger partial charge in [0.05, 0.1) is 17.9 Å². The van der Waals surface area contributed by atoms with Crippen LogP contribution in [0.3, 0.4) is 0 Å². The minimum atomic E-state index is 0.117. The first-order chi connectivity index (χ1) is 11.7. The molecule has 0 radical (unpaired) electrons. The first-order valence-corrected chi connectivity index (χ1v) is 8.72. The summed E-state index contributed by atoms with van der Waals surface area (Å²) in [6.07, 6.45) is 6.09. The molecule has 1 aromatic carbocycles. The van der Waals surface area contributed by atoms with Crippen molar-refractivity contribution in [3.05, 3.63) is 54.4 Å². The fourth-order valence-electron chi connectivity index (χ4n) is 4.12. The predicted octanol–water partition coefficient (Wildman–Crippen LogP) is 4.02. The third-order valence-corrected chi connectivity index (χ3v) is 5.33. The zero-order valence-electron chi connectivity index (χ0n) is 14.1. The number of carbonyl (C=O) groups excluding carboxylic acids is 1. The highest BCUT2D eigenvalue weighted by Gasteiger charge is 2.47. The van der Waals surface area contributed by atoms with Gasteiger partial charge in [0.15, 0.2) is 0 Å². The van der Waals surface area contributed by atoms with Gasteiger partial charge >= 0.3 is 0 Å². The molecule has 1 saturated carbocycles. The lowest BCUT2D eigenvalue weighted by molar-refractivity contribution is -0.117. The first-order valence-electron chi connectivity index (χ1n) is 8.72. The molecule has 0 spiro atoms. The highest BCUT2D eigenvalue weighted by atomic mass is 16.2. The summed E-state index contributed by atoms with van der Waals surface area (Å²) in [5.41, 5.74) is 3.24. The molecule has 2 aliphatic rings. The molecular weight excluding hydrogens is 298 g/mol. The molecule has 4 rings (SSSR count). The van der Waals surface area contributed by atoms with Crippen molar-refractivity contribution < 1.29 is 4.79 Å². The zero-order valence-corrected chi connectivity index (χ0v) is 14.1. The molecule has 2 aromatic rings. The van der Waals surface area contributed by atoms with E-state index in [-0.39, 0.29) is 18.0 Å². The molecule has 1 aromatic heterocycles. The lowest BCUT2D eigenvalue weighted by atomic mass is 9.80. The van der Waals surface area contributed by atoms with Crippen LogP contribution in [-0.2, 0) is 4.79 Å². The lowest BCUT2D eigenvalue weighted by Crippen LogP contribution is -2.51. The van der Waals surface area contributed by atoms with E-state index in [0.29, 0.717) is 11.8 Å². The smallest absolute Gasteiger partial charge is 0.224 e. The van der Waals surface area contributed by atoms with Crippen molar-refractivity contribution in [2.45, 2.75) is 38.8 Å². The van der Waals surface area contributed by atoms with E-state index in [4.69, 9.17) is 0 Å². The van der Waals surface area contributed by atoms with Crippen LogP contribution in [0.25, 0.3) is 0 Å². The van der Waals surface area contributed by atoms with Gasteiger partial charge in [-0.25, -0.2) is 0 Å². The van der Waals surface area contributed by atoms with E-state index < -0.39 is 0 Å². The Bertz CT molecular complexity index is 742. The maximum atomic E-state index is 12.4. The number of amides is 1. The van der Waals surface area contributed by atoms with Gasteiger partial charge in [-0.05, 0) is 37.0 Å². The maximum Gasteiger partial charge on any atom is 0.224 e. The number of nitrogens with one attached hydrogen (secondary N) is 1. The number of nitrogens with zero attached hydrogens (tertiary/aromatic N) is 2. The Balaban J connectivity index is 1.78. The molecule has 1 amide bonds. The molecule has 24 heavy (non-hydrogen) atoms. The fraction of sp³-hybridized carbons (Fsp3) is 0.400. The minimum absolute atomic E-state index is 0.117. The van der Waals surface area contributed by atoms with E-state index in [0.717, 1.165) is 16.9 Å². The van der Waals surface area contributed by atoms with E-state index in [9.17, 15) is 4.79 Å². The van der Waals surface area contributed by atoms with Gasteiger partial charge in [-0.2, -0.15) is 0 Å². The van der Waals surface area contributed by atoms with Gasteiger partial charge in [0.25, 0.3) is 0 Å². The van der Waals surface area contributed by atoms with Crippen molar-refractivity contribution in [2.75, 3.05) is 10.2 Å². The molecule has 4 heteroatoms. The van der Waals surface area contributed by atoms with Crippen molar-refractivity contribution in [3.63, 3.8) is 0 Å². The highest BCUT2D eigenvalue weighted by Crippen LogP contribution is 2.49. The molecule has 0 bridgehead atoms. The SMILES string of the molecule is CC(=O)N1c2cnccc2C(Nc2ccccc2)[C@@H](C)C1C1CC1. The van der Waals surface area contributed by atoms with Crippen molar-refractivity contribution in [2.24, 2.45) is 11.8 Å². The number of para-hydroxylation sites is 1. The molecule has 1 fully saturated rings.